The van der Waals surface area contributed by atoms with Crippen LogP contribution in [0.2, 0.25) is 0 Å². The van der Waals surface area contributed by atoms with E-state index in [0.717, 1.165) is 10.7 Å². The van der Waals surface area contributed by atoms with E-state index in [4.69, 9.17) is 5.11 Å². The second kappa shape index (κ2) is 6.45. The molecule has 1 fully saturated rings. The average Bonchev–Trinajstić information content (AvgIpc) is 2.95. The van der Waals surface area contributed by atoms with E-state index in [0.29, 0.717) is 18.7 Å². The number of aliphatic carboxylic acids is 1. The number of hydrogen-bond donors (Lipinski definition) is 2. The van der Waals surface area contributed by atoms with Crippen molar-refractivity contribution in [3.8, 4) is 0 Å². The number of hydrogen-bond acceptors (Lipinski definition) is 5. The van der Waals surface area contributed by atoms with Crippen LogP contribution in [0.4, 0.5) is 4.79 Å². The topological polar surface area (TPSA) is 82.5 Å². The summed E-state index contributed by atoms with van der Waals surface area (Å²) >= 11 is 3.05. The quantitative estimate of drug-likeness (QED) is 0.881. The molecule has 110 valence electrons. The second-order valence-corrected chi connectivity index (χ2v) is 6.94. The summed E-state index contributed by atoms with van der Waals surface area (Å²) in [6, 6.07) is -1.06. The first-order valence-corrected chi connectivity index (χ1v) is 8.23. The van der Waals surface area contributed by atoms with Gasteiger partial charge >= 0.3 is 12.0 Å². The molecule has 0 bridgehead atoms. The third-order valence-electron chi connectivity index (χ3n) is 3.07. The Balaban J connectivity index is 1.86. The lowest BCUT2D eigenvalue weighted by molar-refractivity contribution is -0.141. The van der Waals surface area contributed by atoms with Gasteiger partial charge in [-0.2, -0.15) is 0 Å². The fraction of sp³-hybridized carbons (Fsp3) is 0.583. The Labute approximate surface area is 125 Å². The summed E-state index contributed by atoms with van der Waals surface area (Å²) in [6.45, 7) is 4.24. The molecule has 8 heteroatoms. The highest BCUT2D eigenvalue weighted by atomic mass is 32.2. The fourth-order valence-corrected chi connectivity index (χ4v) is 3.87. The van der Waals surface area contributed by atoms with Gasteiger partial charge in [0, 0.05) is 24.1 Å². The van der Waals surface area contributed by atoms with Crippen LogP contribution in [0.1, 0.15) is 17.6 Å². The van der Waals surface area contributed by atoms with Gasteiger partial charge < -0.3 is 10.4 Å². The maximum absolute atomic E-state index is 12.1. The van der Waals surface area contributed by atoms with Crippen LogP contribution in [0.15, 0.2) is 5.38 Å². The highest BCUT2D eigenvalue weighted by Crippen LogP contribution is 2.28. The molecule has 1 saturated heterocycles. The highest BCUT2D eigenvalue weighted by molar-refractivity contribution is 8.00. The van der Waals surface area contributed by atoms with E-state index in [1.807, 2.05) is 19.2 Å². The number of nitrogens with zero attached hydrogens (tertiary/aromatic N) is 2. The van der Waals surface area contributed by atoms with Crippen LogP contribution in [0.25, 0.3) is 0 Å². The molecule has 2 heterocycles. The smallest absolute Gasteiger partial charge is 0.327 e. The van der Waals surface area contributed by atoms with E-state index >= 15 is 0 Å². The van der Waals surface area contributed by atoms with E-state index in [-0.39, 0.29) is 11.4 Å². The SMILES string of the molecule is Cc1nc(CCNC(=O)N2C(C)SCC2C(=O)O)cs1. The van der Waals surface area contributed by atoms with Crippen molar-refractivity contribution in [3.63, 3.8) is 0 Å². The Kier molecular flexibility index (Phi) is 4.87. The number of thioether (sulfide) groups is 1. The molecule has 1 aliphatic heterocycles. The average molecular weight is 315 g/mol. The lowest BCUT2D eigenvalue weighted by atomic mass is 10.3. The molecular weight excluding hydrogens is 298 g/mol. The maximum atomic E-state index is 12.1. The zero-order valence-electron chi connectivity index (χ0n) is 11.3. The monoisotopic (exact) mass is 315 g/mol. The number of urea groups is 1. The van der Waals surface area contributed by atoms with E-state index < -0.39 is 12.0 Å². The van der Waals surface area contributed by atoms with Crippen LogP contribution in [-0.2, 0) is 11.2 Å². The molecule has 20 heavy (non-hydrogen) atoms. The molecule has 0 radical (unpaired) electrons. The van der Waals surface area contributed by atoms with Gasteiger partial charge in [-0.1, -0.05) is 0 Å². The van der Waals surface area contributed by atoms with Gasteiger partial charge in [0.1, 0.15) is 6.04 Å². The molecule has 2 N–H and O–H groups in total. The zero-order chi connectivity index (χ0) is 14.7. The minimum Gasteiger partial charge on any atom is -0.480 e. The number of carbonyl (C=O) groups excluding carboxylic acids is 1. The first kappa shape index (κ1) is 15.1. The predicted molar refractivity (Wildman–Crippen MR) is 79.1 cm³/mol. The van der Waals surface area contributed by atoms with Crippen LogP contribution in [0.5, 0.6) is 0 Å². The van der Waals surface area contributed by atoms with Crippen molar-refractivity contribution in [2.75, 3.05) is 12.3 Å². The fourth-order valence-electron chi connectivity index (χ4n) is 2.05. The van der Waals surface area contributed by atoms with E-state index in [1.165, 1.54) is 16.7 Å². The van der Waals surface area contributed by atoms with Crippen LogP contribution in [0.3, 0.4) is 0 Å². The molecule has 1 aromatic rings. The van der Waals surface area contributed by atoms with Crippen molar-refractivity contribution < 1.29 is 14.7 Å². The summed E-state index contributed by atoms with van der Waals surface area (Å²) in [4.78, 5) is 28.9. The number of aromatic nitrogens is 1. The predicted octanol–water partition coefficient (Wildman–Crippen LogP) is 1.55. The van der Waals surface area contributed by atoms with Crippen LogP contribution < -0.4 is 5.32 Å². The Morgan fingerprint density at radius 3 is 2.95 bits per heavy atom. The Bertz CT molecular complexity index is 506. The van der Waals surface area contributed by atoms with Gasteiger partial charge in [-0.25, -0.2) is 14.6 Å². The maximum Gasteiger partial charge on any atom is 0.327 e. The van der Waals surface area contributed by atoms with Gasteiger partial charge in [-0.05, 0) is 13.8 Å². The van der Waals surface area contributed by atoms with Gasteiger partial charge in [0.25, 0.3) is 0 Å². The highest BCUT2D eigenvalue weighted by Gasteiger charge is 2.39. The molecule has 2 rings (SSSR count). The molecule has 1 aliphatic rings. The van der Waals surface area contributed by atoms with Gasteiger partial charge in [0.2, 0.25) is 0 Å². The van der Waals surface area contributed by atoms with Crippen molar-refractivity contribution >= 4 is 35.1 Å². The molecule has 0 saturated carbocycles. The third kappa shape index (κ3) is 3.43. The molecular formula is C12H17N3O3S2. The normalized spacial score (nSPS) is 22.0. The summed E-state index contributed by atoms with van der Waals surface area (Å²) < 4.78 is 0. The van der Waals surface area contributed by atoms with Crippen molar-refractivity contribution in [1.82, 2.24) is 15.2 Å². The van der Waals surface area contributed by atoms with E-state index in [9.17, 15) is 9.59 Å². The van der Waals surface area contributed by atoms with Crippen molar-refractivity contribution in [2.45, 2.75) is 31.7 Å². The lowest BCUT2D eigenvalue weighted by Crippen LogP contribution is -2.49. The first-order chi connectivity index (χ1) is 9.49. The Hall–Kier alpha value is -1.28. The van der Waals surface area contributed by atoms with Crippen molar-refractivity contribution in [3.05, 3.63) is 16.1 Å². The van der Waals surface area contributed by atoms with Crippen molar-refractivity contribution in [1.29, 1.82) is 0 Å². The number of thiazole rings is 1. The van der Waals surface area contributed by atoms with E-state index in [1.54, 1.807) is 11.3 Å². The van der Waals surface area contributed by atoms with Crippen LogP contribution >= 0.6 is 23.1 Å². The lowest BCUT2D eigenvalue weighted by Gasteiger charge is -2.25. The van der Waals surface area contributed by atoms with Crippen LogP contribution in [-0.4, -0.2) is 50.7 Å². The Morgan fingerprint density at radius 2 is 2.35 bits per heavy atom. The van der Waals surface area contributed by atoms with E-state index in [2.05, 4.69) is 10.3 Å². The van der Waals surface area contributed by atoms with Gasteiger partial charge in [-0.15, -0.1) is 23.1 Å². The summed E-state index contributed by atoms with van der Waals surface area (Å²) in [5, 5.41) is 14.7. The Morgan fingerprint density at radius 1 is 1.60 bits per heavy atom. The number of carboxylic acid groups (broad SMARTS) is 1. The third-order valence-corrected chi connectivity index (χ3v) is 5.11. The number of carbonyl (C=O) groups is 2. The molecule has 2 amide bonds. The summed E-state index contributed by atoms with van der Waals surface area (Å²) in [7, 11) is 0. The van der Waals surface area contributed by atoms with Gasteiger partial charge in [-0.3, -0.25) is 4.90 Å². The summed E-state index contributed by atoms with van der Waals surface area (Å²) in [6.07, 6.45) is 0.656. The summed E-state index contributed by atoms with van der Waals surface area (Å²) in [5.41, 5.74) is 0.950. The molecule has 2 unspecified atom stereocenters. The number of aryl methyl sites for hydroxylation is 1. The molecule has 0 aliphatic carbocycles. The summed E-state index contributed by atoms with van der Waals surface area (Å²) in [5.74, 6) is -0.512. The standard InChI is InChI=1S/C12H17N3O3S2/c1-7-14-9(5-19-7)3-4-13-12(18)15-8(2)20-6-10(15)11(16)17/h5,8,10H,3-4,6H2,1-2H3,(H,13,18)(H,16,17). The molecule has 2 atom stereocenters. The number of nitrogens with one attached hydrogen (secondary N) is 1. The molecule has 6 nitrogen and oxygen atoms in total. The minimum atomic E-state index is -0.952. The molecule has 0 aromatic carbocycles. The zero-order valence-corrected chi connectivity index (χ0v) is 13.0. The second-order valence-electron chi connectivity index (χ2n) is 4.53. The van der Waals surface area contributed by atoms with Gasteiger partial charge in [0.15, 0.2) is 0 Å². The molecule has 0 spiro atoms. The number of rotatable bonds is 4. The van der Waals surface area contributed by atoms with Crippen LogP contribution in [0, 0.1) is 6.92 Å². The first-order valence-electron chi connectivity index (χ1n) is 6.30. The minimum absolute atomic E-state index is 0.113. The molecule has 1 aromatic heterocycles. The number of carboxylic acids is 1. The van der Waals surface area contributed by atoms with Gasteiger partial charge in [0.05, 0.1) is 16.1 Å². The van der Waals surface area contributed by atoms with Crippen molar-refractivity contribution in [2.24, 2.45) is 0 Å². The number of amides is 2. The largest absolute Gasteiger partial charge is 0.480 e.